The lowest BCUT2D eigenvalue weighted by Crippen LogP contribution is -1.90. The van der Waals surface area contributed by atoms with Crippen LogP contribution in [0.15, 0.2) is 41.2 Å². The third-order valence-electron chi connectivity index (χ3n) is 3.23. The van der Waals surface area contributed by atoms with Crippen LogP contribution in [0, 0.1) is 0 Å². The number of aromatic nitrogens is 3. The number of nitrogen functional groups attached to an aromatic ring is 1. The molecule has 3 N–H and O–H groups in total. The van der Waals surface area contributed by atoms with E-state index in [2.05, 4.69) is 15.1 Å². The highest BCUT2D eigenvalue weighted by Gasteiger charge is 2.14. The fourth-order valence-electron chi connectivity index (χ4n) is 2.06. The summed E-state index contributed by atoms with van der Waals surface area (Å²) >= 11 is 0. The number of hydrogen-bond acceptors (Lipinski definition) is 6. The fourth-order valence-corrected chi connectivity index (χ4v) is 2.06. The van der Waals surface area contributed by atoms with Gasteiger partial charge in [0.25, 0.3) is 5.89 Å². The Morgan fingerprint density at radius 2 is 2.14 bits per heavy atom. The molecule has 21 heavy (non-hydrogen) atoms. The molecular formula is C15H14N4O2. The summed E-state index contributed by atoms with van der Waals surface area (Å²) in [6.07, 6.45) is 4.33. The van der Waals surface area contributed by atoms with Crippen LogP contribution in [-0.4, -0.2) is 20.2 Å². The van der Waals surface area contributed by atoms with Crippen molar-refractivity contribution in [3.8, 4) is 28.6 Å². The van der Waals surface area contributed by atoms with Gasteiger partial charge in [-0.3, -0.25) is 4.98 Å². The maximum atomic E-state index is 9.44. The van der Waals surface area contributed by atoms with Crippen molar-refractivity contribution in [2.24, 2.45) is 0 Å². The molecule has 2 aromatic heterocycles. The smallest absolute Gasteiger partial charge is 0.258 e. The molecule has 0 saturated carbocycles. The van der Waals surface area contributed by atoms with E-state index in [1.807, 2.05) is 13.0 Å². The Morgan fingerprint density at radius 3 is 2.90 bits per heavy atom. The number of phenols is 1. The van der Waals surface area contributed by atoms with Crippen molar-refractivity contribution in [1.29, 1.82) is 0 Å². The molecule has 0 aliphatic rings. The summed E-state index contributed by atoms with van der Waals surface area (Å²) in [5, 5.41) is 13.4. The Hall–Kier alpha value is -2.89. The van der Waals surface area contributed by atoms with E-state index in [1.165, 1.54) is 6.07 Å². The molecule has 0 atom stereocenters. The van der Waals surface area contributed by atoms with Gasteiger partial charge in [0.15, 0.2) is 0 Å². The Bertz CT molecular complexity index is 783. The zero-order valence-electron chi connectivity index (χ0n) is 11.4. The van der Waals surface area contributed by atoms with E-state index >= 15 is 0 Å². The van der Waals surface area contributed by atoms with Gasteiger partial charge in [-0.2, -0.15) is 4.98 Å². The molecule has 0 radical (unpaired) electrons. The minimum atomic E-state index is 0.0286. The van der Waals surface area contributed by atoms with Gasteiger partial charge >= 0.3 is 0 Å². The number of aromatic hydroxyl groups is 1. The Morgan fingerprint density at radius 1 is 1.29 bits per heavy atom. The molecule has 2 heterocycles. The first-order valence-corrected chi connectivity index (χ1v) is 6.55. The van der Waals surface area contributed by atoms with E-state index in [0.717, 1.165) is 17.5 Å². The first-order chi connectivity index (χ1) is 10.2. The molecule has 3 rings (SSSR count). The first kappa shape index (κ1) is 13.1. The summed E-state index contributed by atoms with van der Waals surface area (Å²) in [4.78, 5) is 8.48. The van der Waals surface area contributed by atoms with E-state index in [0.29, 0.717) is 17.3 Å². The molecule has 0 bridgehead atoms. The summed E-state index contributed by atoms with van der Waals surface area (Å²) in [7, 11) is 0. The minimum absolute atomic E-state index is 0.0286. The fraction of sp³-hybridized carbons (Fsp3) is 0.133. The van der Waals surface area contributed by atoms with Gasteiger partial charge in [-0.25, -0.2) is 0 Å². The maximum Gasteiger partial charge on any atom is 0.258 e. The van der Waals surface area contributed by atoms with Crippen LogP contribution in [0.2, 0.25) is 0 Å². The summed E-state index contributed by atoms with van der Waals surface area (Å²) in [5.74, 6) is 0.896. The number of nitrogens with zero attached hydrogens (tertiary/aromatic N) is 3. The summed E-state index contributed by atoms with van der Waals surface area (Å²) in [6.45, 7) is 2.04. The van der Waals surface area contributed by atoms with Crippen molar-refractivity contribution in [3.63, 3.8) is 0 Å². The normalized spacial score (nSPS) is 10.7. The Labute approximate surface area is 121 Å². The zero-order chi connectivity index (χ0) is 14.8. The van der Waals surface area contributed by atoms with Crippen molar-refractivity contribution < 1.29 is 9.63 Å². The van der Waals surface area contributed by atoms with Gasteiger partial charge in [-0.05, 0) is 36.2 Å². The molecule has 0 amide bonds. The molecule has 0 spiro atoms. The van der Waals surface area contributed by atoms with Crippen molar-refractivity contribution in [3.05, 3.63) is 42.2 Å². The van der Waals surface area contributed by atoms with Crippen LogP contribution in [0.25, 0.3) is 22.8 Å². The second-order valence-corrected chi connectivity index (χ2v) is 4.58. The third kappa shape index (κ3) is 2.43. The second-order valence-electron chi connectivity index (χ2n) is 4.58. The monoisotopic (exact) mass is 282 g/mol. The molecule has 6 heteroatoms. The van der Waals surface area contributed by atoms with Crippen LogP contribution in [-0.2, 0) is 6.42 Å². The molecule has 6 nitrogen and oxygen atoms in total. The van der Waals surface area contributed by atoms with Crippen LogP contribution >= 0.6 is 0 Å². The molecule has 3 aromatic rings. The Kier molecular flexibility index (Phi) is 3.27. The molecule has 106 valence electrons. The molecule has 1 aromatic carbocycles. The standard InChI is InChI=1S/C15H14N4O2/c1-2-9-8-17-6-5-11(9)14-18-15(21-19-14)10-3-4-13(20)12(16)7-10/h3-8,20H,2,16H2,1H3. The average molecular weight is 282 g/mol. The molecule has 0 saturated heterocycles. The van der Waals surface area contributed by atoms with Gasteiger partial charge in [-0.1, -0.05) is 12.1 Å². The average Bonchev–Trinajstić information content (AvgIpc) is 2.99. The highest BCUT2D eigenvalue weighted by molar-refractivity contribution is 5.67. The third-order valence-corrected chi connectivity index (χ3v) is 3.23. The van der Waals surface area contributed by atoms with Crippen LogP contribution in [0.3, 0.4) is 0 Å². The van der Waals surface area contributed by atoms with E-state index in [4.69, 9.17) is 10.3 Å². The van der Waals surface area contributed by atoms with Gasteiger partial charge < -0.3 is 15.4 Å². The summed E-state index contributed by atoms with van der Waals surface area (Å²) in [5.41, 5.74) is 8.55. The Balaban J connectivity index is 2.01. The SMILES string of the molecule is CCc1cnccc1-c1noc(-c2ccc(O)c(N)c2)n1. The van der Waals surface area contributed by atoms with Crippen LogP contribution in [0.4, 0.5) is 5.69 Å². The number of pyridine rings is 1. The lowest BCUT2D eigenvalue weighted by atomic mass is 10.1. The zero-order valence-corrected chi connectivity index (χ0v) is 11.4. The number of benzene rings is 1. The summed E-state index contributed by atoms with van der Waals surface area (Å²) < 4.78 is 5.28. The van der Waals surface area contributed by atoms with Gasteiger partial charge in [0.05, 0.1) is 5.69 Å². The van der Waals surface area contributed by atoms with E-state index < -0.39 is 0 Å². The molecular weight excluding hydrogens is 268 g/mol. The maximum absolute atomic E-state index is 9.44. The first-order valence-electron chi connectivity index (χ1n) is 6.55. The predicted molar refractivity (Wildman–Crippen MR) is 78.4 cm³/mol. The minimum Gasteiger partial charge on any atom is -0.506 e. The molecule has 0 aliphatic carbocycles. The van der Waals surface area contributed by atoms with Crippen molar-refractivity contribution in [2.45, 2.75) is 13.3 Å². The number of hydrogen-bond donors (Lipinski definition) is 2. The molecule has 0 aliphatic heterocycles. The van der Waals surface area contributed by atoms with Crippen LogP contribution in [0.5, 0.6) is 5.75 Å². The van der Waals surface area contributed by atoms with Gasteiger partial charge in [0.2, 0.25) is 5.82 Å². The van der Waals surface area contributed by atoms with Crippen molar-refractivity contribution >= 4 is 5.69 Å². The highest BCUT2D eigenvalue weighted by Crippen LogP contribution is 2.28. The summed E-state index contributed by atoms with van der Waals surface area (Å²) in [6, 6.07) is 6.63. The number of rotatable bonds is 3. The quantitative estimate of drug-likeness (QED) is 0.566. The molecule has 0 fully saturated rings. The number of nitrogens with two attached hydrogens (primary N) is 1. The van der Waals surface area contributed by atoms with Crippen LogP contribution in [0.1, 0.15) is 12.5 Å². The topological polar surface area (TPSA) is 98.1 Å². The van der Waals surface area contributed by atoms with E-state index in [1.54, 1.807) is 24.5 Å². The van der Waals surface area contributed by atoms with Crippen molar-refractivity contribution in [1.82, 2.24) is 15.1 Å². The van der Waals surface area contributed by atoms with Gasteiger partial charge in [0, 0.05) is 23.5 Å². The van der Waals surface area contributed by atoms with Crippen LogP contribution < -0.4 is 5.73 Å². The van der Waals surface area contributed by atoms with Crippen molar-refractivity contribution in [2.75, 3.05) is 5.73 Å². The molecule has 0 unspecified atom stereocenters. The van der Waals surface area contributed by atoms with Gasteiger partial charge in [-0.15, -0.1) is 0 Å². The lowest BCUT2D eigenvalue weighted by molar-refractivity contribution is 0.432. The second kappa shape index (κ2) is 5.24. The number of aryl methyl sites for hydroxylation is 1. The van der Waals surface area contributed by atoms with E-state index in [9.17, 15) is 5.11 Å². The highest BCUT2D eigenvalue weighted by atomic mass is 16.5. The number of phenolic OH excluding ortho intramolecular Hbond substituents is 1. The number of anilines is 1. The predicted octanol–water partition coefficient (Wildman–Crippen LogP) is 2.65. The van der Waals surface area contributed by atoms with Gasteiger partial charge in [0.1, 0.15) is 5.75 Å². The lowest BCUT2D eigenvalue weighted by Gasteiger charge is -2.01. The van der Waals surface area contributed by atoms with E-state index in [-0.39, 0.29) is 11.4 Å². The largest absolute Gasteiger partial charge is 0.506 e.